The molecule has 0 saturated heterocycles. The lowest BCUT2D eigenvalue weighted by molar-refractivity contribution is -0.132. The fraction of sp³-hybridized carbons (Fsp3) is 0.375. The Bertz CT molecular complexity index is 346. The van der Waals surface area contributed by atoms with Gasteiger partial charge in [-0.25, -0.2) is 4.99 Å². The number of carbonyl (C=O) groups excluding carboxylic acids is 1. The molecule has 0 atom stereocenters. The first kappa shape index (κ1) is 10.6. The SMILES string of the molecule is CC(=O)Oc1csc(/N=C/N(C)C)n1. The molecule has 0 N–H and O–H groups in total. The Morgan fingerprint density at radius 1 is 1.71 bits per heavy atom. The van der Waals surface area contributed by atoms with E-state index in [4.69, 9.17) is 4.74 Å². The van der Waals surface area contributed by atoms with Crippen molar-refractivity contribution >= 4 is 28.8 Å². The summed E-state index contributed by atoms with van der Waals surface area (Å²) >= 11 is 1.32. The maximum Gasteiger partial charge on any atom is 0.309 e. The van der Waals surface area contributed by atoms with E-state index < -0.39 is 0 Å². The predicted molar refractivity (Wildman–Crippen MR) is 55.3 cm³/mol. The van der Waals surface area contributed by atoms with Gasteiger partial charge in [0.1, 0.15) is 0 Å². The number of hydrogen-bond donors (Lipinski definition) is 0. The zero-order valence-corrected chi connectivity index (χ0v) is 9.04. The van der Waals surface area contributed by atoms with Gasteiger partial charge < -0.3 is 9.64 Å². The number of aliphatic imine (C=N–C) groups is 1. The van der Waals surface area contributed by atoms with Crippen LogP contribution in [0.4, 0.5) is 5.13 Å². The molecule has 6 heteroatoms. The molecule has 0 saturated carbocycles. The third kappa shape index (κ3) is 3.53. The van der Waals surface area contributed by atoms with E-state index in [1.807, 2.05) is 14.1 Å². The second-order valence-electron chi connectivity index (χ2n) is 2.77. The van der Waals surface area contributed by atoms with E-state index in [0.29, 0.717) is 11.0 Å². The van der Waals surface area contributed by atoms with E-state index in [2.05, 4.69) is 9.98 Å². The average Bonchev–Trinajstić information content (AvgIpc) is 2.47. The Balaban J connectivity index is 2.63. The zero-order valence-electron chi connectivity index (χ0n) is 8.22. The van der Waals surface area contributed by atoms with Gasteiger partial charge in [0.25, 0.3) is 0 Å². The van der Waals surface area contributed by atoms with Crippen LogP contribution in [0.3, 0.4) is 0 Å². The summed E-state index contributed by atoms with van der Waals surface area (Å²) < 4.78 is 4.77. The summed E-state index contributed by atoms with van der Waals surface area (Å²) in [6.45, 7) is 1.34. The van der Waals surface area contributed by atoms with Crippen molar-refractivity contribution in [1.29, 1.82) is 0 Å². The van der Waals surface area contributed by atoms with Crippen molar-refractivity contribution in [1.82, 2.24) is 9.88 Å². The van der Waals surface area contributed by atoms with E-state index in [-0.39, 0.29) is 5.97 Å². The molecule has 76 valence electrons. The van der Waals surface area contributed by atoms with Gasteiger partial charge in [-0.15, -0.1) is 0 Å². The van der Waals surface area contributed by atoms with Gasteiger partial charge in [-0.1, -0.05) is 11.3 Å². The Kier molecular flexibility index (Phi) is 3.58. The van der Waals surface area contributed by atoms with Crippen molar-refractivity contribution in [2.75, 3.05) is 14.1 Å². The average molecular weight is 213 g/mol. The van der Waals surface area contributed by atoms with Crippen molar-refractivity contribution in [2.24, 2.45) is 4.99 Å². The summed E-state index contributed by atoms with van der Waals surface area (Å²) in [7, 11) is 3.73. The molecule has 0 aliphatic carbocycles. The molecule has 1 aromatic rings. The van der Waals surface area contributed by atoms with Crippen LogP contribution in [0.2, 0.25) is 0 Å². The molecule has 0 amide bonds. The molecule has 5 nitrogen and oxygen atoms in total. The lowest BCUT2D eigenvalue weighted by Crippen LogP contribution is -2.06. The summed E-state index contributed by atoms with van der Waals surface area (Å²) in [6, 6.07) is 0. The number of ether oxygens (including phenoxy) is 1. The van der Waals surface area contributed by atoms with E-state index in [0.717, 1.165) is 0 Å². The minimum atomic E-state index is -0.376. The summed E-state index contributed by atoms with van der Waals surface area (Å²) in [6.07, 6.45) is 1.64. The van der Waals surface area contributed by atoms with Gasteiger partial charge in [-0.2, -0.15) is 4.98 Å². The highest BCUT2D eigenvalue weighted by atomic mass is 32.1. The van der Waals surface area contributed by atoms with Gasteiger partial charge in [0, 0.05) is 21.0 Å². The molecule has 0 spiro atoms. The number of hydrogen-bond acceptors (Lipinski definition) is 5. The zero-order chi connectivity index (χ0) is 10.6. The molecular weight excluding hydrogens is 202 g/mol. The van der Waals surface area contributed by atoms with Crippen LogP contribution in [0.1, 0.15) is 6.92 Å². The van der Waals surface area contributed by atoms with E-state index in [9.17, 15) is 4.79 Å². The van der Waals surface area contributed by atoms with E-state index in [1.165, 1.54) is 18.3 Å². The number of esters is 1. The number of nitrogens with zero attached hydrogens (tertiary/aromatic N) is 3. The van der Waals surface area contributed by atoms with Crippen LogP contribution < -0.4 is 4.74 Å². The number of carbonyl (C=O) groups is 1. The number of rotatable bonds is 3. The molecule has 1 aromatic heterocycles. The van der Waals surface area contributed by atoms with Gasteiger partial charge in [-0.3, -0.25) is 4.79 Å². The van der Waals surface area contributed by atoms with Crippen LogP contribution in [0, 0.1) is 0 Å². The normalized spacial score (nSPS) is 10.5. The van der Waals surface area contributed by atoms with Crippen LogP contribution in [0.25, 0.3) is 0 Å². The van der Waals surface area contributed by atoms with Crippen molar-refractivity contribution in [2.45, 2.75) is 6.92 Å². The summed E-state index contributed by atoms with van der Waals surface area (Å²) in [4.78, 5) is 20.4. The molecular formula is C8H11N3O2S. The standard InChI is InChI=1S/C8H11N3O2S/c1-6(12)13-7-4-14-8(10-7)9-5-11(2)3/h4-5H,1-3H3/b9-5+. The molecule has 0 aliphatic heterocycles. The minimum absolute atomic E-state index is 0.299. The summed E-state index contributed by atoms with van der Waals surface area (Å²) in [5.41, 5.74) is 0. The van der Waals surface area contributed by atoms with Crippen LogP contribution in [0.5, 0.6) is 5.88 Å². The molecule has 14 heavy (non-hydrogen) atoms. The van der Waals surface area contributed by atoms with Gasteiger partial charge in [0.15, 0.2) is 0 Å². The predicted octanol–water partition coefficient (Wildman–Crippen LogP) is 1.29. The highest BCUT2D eigenvalue weighted by Crippen LogP contribution is 2.23. The highest BCUT2D eigenvalue weighted by Gasteiger charge is 2.03. The summed E-state index contributed by atoms with van der Waals surface area (Å²) in [5.74, 6) is -0.0770. The van der Waals surface area contributed by atoms with Crippen LogP contribution in [-0.2, 0) is 4.79 Å². The lowest BCUT2D eigenvalue weighted by atomic mass is 10.8. The van der Waals surface area contributed by atoms with Crippen molar-refractivity contribution in [3.63, 3.8) is 0 Å². The van der Waals surface area contributed by atoms with Crippen molar-refractivity contribution in [3.8, 4) is 5.88 Å². The molecule has 0 unspecified atom stereocenters. The fourth-order valence-electron chi connectivity index (χ4n) is 0.668. The van der Waals surface area contributed by atoms with Crippen LogP contribution >= 0.6 is 11.3 Å². The maximum atomic E-state index is 10.6. The van der Waals surface area contributed by atoms with Crippen molar-refractivity contribution in [3.05, 3.63) is 5.38 Å². The van der Waals surface area contributed by atoms with Gasteiger partial charge in [0.2, 0.25) is 11.0 Å². The number of aromatic nitrogens is 1. The van der Waals surface area contributed by atoms with Gasteiger partial charge in [-0.05, 0) is 0 Å². The molecule has 0 aromatic carbocycles. The topological polar surface area (TPSA) is 54.8 Å². The molecule has 0 radical (unpaired) electrons. The second-order valence-corrected chi connectivity index (χ2v) is 3.61. The Morgan fingerprint density at radius 3 is 3.00 bits per heavy atom. The minimum Gasteiger partial charge on any atom is -0.407 e. The molecule has 0 aliphatic rings. The smallest absolute Gasteiger partial charge is 0.309 e. The van der Waals surface area contributed by atoms with Crippen LogP contribution in [0.15, 0.2) is 10.4 Å². The first-order valence-corrected chi connectivity index (χ1v) is 4.80. The van der Waals surface area contributed by atoms with Crippen molar-refractivity contribution < 1.29 is 9.53 Å². The highest BCUT2D eigenvalue weighted by molar-refractivity contribution is 7.13. The monoisotopic (exact) mass is 213 g/mol. The Morgan fingerprint density at radius 2 is 2.43 bits per heavy atom. The van der Waals surface area contributed by atoms with E-state index in [1.54, 1.807) is 16.6 Å². The molecule has 1 rings (SSSR count). The third-order valence-corrected chi connectivity index (χ3v) is 1.85. The first-order valence-electron chi connectivity index (χ1n) is 3.92. The third-order valence-electron chi connectivity index (χ3n) is 1.12. The lowest BCUT2D eigenvalue weighted by Gasteiger charge is -1.99. The summed E-state index contributed by atoms with van der Waals surface area (Å²) in [5, 5.41) is 2.21. The van der Waals surface area contributed by atoms with Gasteiger partial charge in [0.05, 0.1) is 11.7 Å². The second kappa shape index (κ2) is 4.71. The van der Waals surface area contributed by atoms with E-state index >= 15 is 0 Å². The van der Waals surface area contributed by atoms with Gasteiger partial charge >= 0.3 is 5.97 Å². The molecule has 0 fully saturated rings. The first-order chi connectivity index (χ1) is 6.58. The molecule has 0 bridgehead atoms. The Labute approximate surface area is 86.0 Å². The number of thiazole rings is 1. The van der Waals surface area contributed by atoms with Crippen LogP contribution in [-0.4, -0.2) is 36.3 Å². The fourth-order valence-corrected chi connectivity index (χ4v) is 1.23. The molecule has 1 heterocycles. The quantitative estimate of drug-likeness (QED) is 0.431. The maximum absolute atomic E-state index is 10.6. The Hall–Kier alpha value is -1.43. The largest absolute Gasteiger partial charge is 0.407 e.